The Morgan fingerprint density at radius 2 is 2.13 bits per heavy atom. The molecule has 2 atom stereocenters. The van der Waals surface area contributed by atoms with Gasteiger partial charge in [-0.15, -0.1) is 0 Å². The van der Waals surface area contributed by atoms with Crippen molar-refractivity contribution in [1.29, 1.82) is 0 Å². The van der Waals surface area contributed by atoms with E-state index in [1.165, 1.54) is 17.7 Å². The molecule has 0 saturated carbocycles. The van der Waals surface area contributed by atoms with Crippen LogP contribution in [0.2, 0.25) is 0 Å². The third-order valence-corrected chi connectivity index (χ3v) is 5.48. The van der Waals surface area contributed by atoms with E-state index in [1.807, 2.05) is 18.0 Å². The molecule has 1 aliphatic carbocycles. The lowest BCUT2D eigenvalue weighted by atomic mass is 9.92. The highest BCUT2D eigenvalue weighted by Crippen LogP contribution is 2.30. The maximum absolute atomic E-state index is 12.7. The lowest BCUT2D eigenvalue weighted by Gasteiger charge is -2.34. The highest BCUT2D eigenvalue weighted by molar-refractivity contribution is 5.81. The molecule has 5 heteroatoms. The van der Waals surface area contributed by atoms with Crippen LogP contribution in [0.15, 0.2) is 6.20 Å². The van der Waals surface area contributed by atoms with Gasteiger partial charge in [0.05, 0.1) is 12.2 Å². The number of nitrogens with zero attached hydrogens (tertiary/aromatic N) is 3. The van der Waals surface area contributed by atoms with Crippen LogP contribution in [0, 0.1) is 5.92 Å². The first-order valence-corrected chi connectivity index (χ1v) is 9.19. The fourth-order valence-corrected chi connectivity index (χ4v) is 3.94. The number of nitrogens with one attached hydrogen (secondary N) is 1. The number of amides is 1. The van der Waals surface area contributed by atoms with Gasteiger partial charge in [-0.1, -0.05) is 6.92 Å². The smallest absolute Gasteiger partial charge is 0.239 e. The zero-order chi connectivity index (χ0) is 16.4. The van der Waals surface area contributed by atoms with E-state index >= 15 is 0 Å². The van der Waals surface area contributed by atoms with Crippen molar-refractivity contribution in [1.82, 2.24) is 20.0 Å². The maximum atomic E-state index is 12.7. The zero-order valence-electron chi connectivity index (χ0n) is 14.7. The molecule has 0 aromatic carbocycles. The maximum Gasteiger partial charge on any atom is 0.239 e. The summed E-state index contributed by atoms with van der Waals surface area (Å²) in [4.78, 5) is 14.7. The van der Waals surface area contributed by atoms with Gasteiger partial charge < -0.3 is 4.90 Å². The van der Waals surface area contributed by atoms with Crippen LogP contribution in [0.1, 0.15) is 63.8 Å². The number of piperidine rings is 1. The Hall–Kier alpha value is -1.36. The molecule has 0 spiro atoms. The van der Waals surface area contributed by atoms with E-state index in [2.05, 4.69) is 28.9 Å². The highest BCUT2D eigenvalue weighted by Gasteiger charge is 2.29. The second-order valence-corrected chi connectivity index (χ2v) is 7.20. The molecule has 1 aromatic rings. The quantitative estimate of drug-likeness (QED) is 0.928. The standard InChI is InChI=1S/C18H30N4O/c1-4-22-17-7-5-6-16(15(17)12-19-22)20-14(3)18(23)21-10-8-13(2)9-11-21/h12-14,16,20H,4-11H2,1-3H3. The third-order valence-electron chi connectivity index (χ3n) is 5.48. The number of fused-ring (bicyclic) bond motifs is 1. The van der Waals surface area contributed by atoms with E-state index in [9.17, 15) is 4.79 Å². The van der Waals surface area contributed by atoms with Crippen molar-refractivity contribution in [2.24, 2.45) is 5.92 Å². The molecule has 1 aliphatic heterocycles. The van der Waals surface area contributed by atoms with Gasteiger partial charge in [0.15, 0.2) is 0 Å². The summed E-state index contributed by atoms with van der Waals surface area (Å²) in [5.41, 5.74) is 2.65. The van der Waals surface area contributed by atoms with Crippen LogP contribution in [0.4, 0.5) is 0 Å². The Balaban J connectivity index is 1.63. The molecule has 2 heterocycles. The van der Waals surface area contributed by atoms with Crippen LogP contribution in [0.3, 0.4) is 0 Å². The average Bonchev–Trinajstić information content (AvgIpc) is 2.99. The molecule has 1 N–H and O–H groups in total. The molecule has 1 fully saturated rings. The Morgan fingerprint density at radius 3 is 2.83 bits per heavy atom. The van der Waals surface area contributed by atoms with Gasteiger partial charge in [0.1, 0.15) is 0 Å². The van der Waals surface area contributed by atoms with E-state index in [0.717, 1.165) is 51.2 Å². The van der Waals surface area contributed by atoms with E-state index < -0.39 is 0 Å². The predicted molar refractivity (Wildman–Crippen MR) is 91.2 cm³/mol. The van der Waals surface area contributed by atoms with Gasteiger partial charge in [-0.05, 0) is 51.9 Å². The molecule has 3 rings (SSSR count). The monoisotopic (exact) mass is 318 g/mol. The largest absolute Gasteiger partial charge is 0.341 e. The average molecular weight is 318 g/mol. The molecule has 1 aromatic heterocycles. The minimum Gasteiger partial charge on any atom is -0.341 e. The van der Waals surface area contributed by atoms with Gasteiger partial charge in [0.2, 0.25) is 5.91 Å². The number of aryl methyl sites for hydroxylation is 1. The van der Waals surface area contributed by atoms with Crippen molar-refractivity contribution in [3.8, 4) is 0 Å². The summed E-state index contributed by atoms with van der Waals surface area (Å²) in [6.07, 6.45) is 7.63. The topological polar surface area (TPSA) is 50.2 Å². The van der Waals surface area contributed by atoms with Crippen LogP contribution in [0.5, 0.6) is 0 Å². The Kier molecular flexibility index (Phi) is 5.05. The predicted octanol–water partition coefficient (Wildman–Crippen LogP) is 2.52. The highest BCUT2D eigenvalue weighted by atomic mass is 16.2. The summed E-state index contributed by atoms with van der Waals surface area (Å²) in [6, 6.07) is 0.144. The van der Waals surface area contributed by atoms with Crippen LogP contribution in [-0.2, 0) is 17.8 Å². The van der Waals surface area contributed by atoms with Crippen molar-refractivity contribution in [2.75, 3.05) is 13.1 Å². The molecule has 23 heavy (non-hydrogen) atoms. The van der Waals surface area contributed by atoms with Crippen LogP contribution in [-0.4, -0.2) is 39.7 Å². The molecule has 1 amide bonds. The summed E-state index contributed by atoms with van der Waals surface area (Å²) in [5.74, 6) is 1.01. The van der Waals surface area contributed by atoms with Crippen molar-refractivity contribution in [2.45, 2.75) is 71.5 Å². The van der Waals surface area contributed by atoms with Gasteiger partial charge in [0.25, 0.3) is 0 Å². The number of hydrogen-bond acceptors (Lipinski definition) is 3. The van der Waals surface area contributed by atoms with Crippen LogP contribution >= 0.6 is 0 Å². The first kappa shape index (κ1) is 16.5. The van der Waals surface area contributed by atoms with E-state index in [1.54, 1.807) is 0 Å². The number of rotatable bonds is 4. The number of likely N-dealkylation sites (tertiary alicyclic amines) is 1. The SMILES string of the molecule is CCn1ncc2c1CCCC2NC(C)C(=O)N1CCC(C)CC1. The number of carbonyl (C=O) groups is 1. The summed E-state index contributed by atoms with van der Waals surface area (Å²) in [6.45, 7) is 9.17. The summed E-state index contributed by atoms with van der Waals surface area (Å²) >= 11 is 0. The molecular formula is C18H30N4O. The van der Waals surface area contributed by atoms with Gasteiger partial charge in [-0.25, -0.2) is 0 Å². The Bertz CT molecular complexity index is 545. The minimum absolute atomic E-state index is 0.121. The Morgan fingerprint density at radius 1 is 1.39 bits per heavy atom. The summed E-state index contributed by atoms with van der Waals surface area (Å²) in [7, 11) is 0. The van der Waals surface area contributed by atoms with Crippen molar-refractivity contribution in [3.63, 3.8) is 0 Å². The second kappa shape index (κ2) is 7.04. The zero-order valence-corrected chi connectivity index (χ0v) is 14.7. The molecule has 0 radical (unpaired) electrons. The van der Waals surface area contributed by atoms with E-state index in [0.29, 0.717) is 0 Å². The van der Waals surface area contributed by atoms with Crippen molar-refractivity contribution in [3.05, 3.63) is 17.5 Å². The van der Waals surface area contributed by atoms with E-state index in [4.69, 9.17) is 0 Å². The van der Waals surface area contributed by atoms with E-state index in [-0.39, 0.29) is 18.0 Å². The fraction of sp³-hybridized carbons (Fsp3) is 0.778. The molecule has 2 unspecified atom stereocenters. The summed E-state index contributed by atoms with van der Waals surface area (Å²) < 4.78 is 2.10. The second-order valence-electron chi connectivity index (χ2n) is 7.20. The summed E-state index contributed by atoms with van der Waals surface area (Å²) in [5, 5.41) is 8.07. The van der Waals surface area contributed by atoms with Crippen molar-refractivity contribution < 1.29 is 4.79 Å². The molecule has 1 saturated heterocycles. The molecule has 2 aliphatic rings. The van der Waals surface area contributed by atoms with Crippen LogP contribution in [0.25, 0.3) is 0 Å². The first-order valence-electron chi connectivity index (χ1n) is 9.19. The van der Waals surface area contributed by atoms with Crippen molar-refractivity contribution >= 4 is 5.91 Å². The van der Waals surface area contributed by atoms with Gasteiger partial charge in [-0.2, -0.15) is 5.10 Å². The van der Waals surface area contributed by atoms with Gasteiger partial charge in [-0.3, -0.25) is 14.8 Å². The molecular weight excluding hydrogens is 288 g/mol. The van der Waals surface area contributed by atoms with Gasteiger partial charge >= 0.3 is 0 Å². The van der Waals surface area contributed by atoms with Gasteiger partial charge in [0, 0.05) is 36.9 Å². The van der Waals surface area contributed by atoms with Crippen LogP contribution < -0.4 is 5.32 Å². The third kappa shape index (κ3) is 3.44. The first-order chi connectivity index (χ1) is 11.1. The lowest BCUT2D eigenvalue weighted by molar-refractivity contribution is -0.134. The number of aromatic nitrogens is 2. The number of carbonyl (C=O) groups excluding carboxylic acids is 1. The lowest BCUT2D eigenvalue weighted by Crippen LogP contribution is -2.48. The molecule has 0 bridgehead atoms. The normalized spacial score (nSPS) is 23.6. The minimum atomic E-state index is -0.121. The fourth-order valence-electron chi connectivity index (χ4n) is 3.94. The number of hydrogen-bond donors (Lipinski definition) is 1. The molecule has 5 nitrogen and oxygen atoms in total. The Labute approximate surface area is 139 Å². The molecule has 128 valence electrons.